The van der Waals surface area contributed by atoms with Crippen molar-refractivity contribution in [1.82, 2.24) is 0 Å². The average molecular weight is 402 g/mol. The first-order chi connectivity index (χ1) is 14.0. The van der Waals surface area contributed by atoms with Gasteiger partial charge in [-0.2, -0.15) is 0 Å². The molecule has 7 nitrogen and oxygen atoms in total. The van der Waals surface area contributed by atoms with Crippen LogP contribution in [-0.4, -0.2) is 53.5 Å². The van der Waals surface area contributed by atoms with Crippen LogP contribution >= 0.6 is 0 Å². The average Bonchev–Trinajstić information content (AvgIpc) is 2.72. The second-order valence-corrected chi connectivity index (χ2v) is 6.89. The summed E-state index contributed by atoms with van der Waals surface area (Å²) in [7, 11) is 0. The number of esters is 1. The molecule has 3 rings (SSSR count). The maximum Gasteiger partial charge on any atom is 0.303 e. The third-order valence-corrected chi connectivity index (χ3v) is 4.62. The van der Waals surface area contributed by atoms with E-state index in [4.69, 9.17) is 18.9 Å². The van der Waals surface area contributed by atoms with Crippen LogP contribution in [0.2, 0.25) is 0 Å². The van der Waals surface area contributed by atoms with Crippen LogP contribution in [0.25, 0.3) is 0 Å². The third kappa shape index (κ3) is 6.09. The number of hydrogen-bond acceptors (Lipinski definition) is 7. The van der Waals surface area contributed by atoms with Crippen LogP contribution in [0.15, 0.2) is 60.7 Å². The van der Waals surface area contributed by atoms with Crippen molar-refractivity contribution in [2.45, 2.75) is 50.8 Å². The number of aliphatic hydroxyl groups is 2. The molecule has 0 bridgehead atoms. The molecule has 2 aromatic rings. The van der Waals surface area contributed by atoms with Crippen LogP contribution in [0.4, 0.5) is 0 Å². The molecule has 29 heavy (non-hydrogen) atoms. The topological polar surface area (TPSA) is 94.5 Å². The van der Waals surface area contributed by atoms with E-state index < -0.39 is 36.7 Å². The molecule has 1 fully saturated rings. The van der Waals surface area contributed by atoms with E-state index in [1.54, 1.807) is 0 Å². The zero-order valence-electron chi connectivity index (χ0n) is 16.2. The molecule has 0 saturated carbocycles. The first-order valence-corrected chi connectivity index (χ1v) is 9.50. The number of benzene rings is 2. The largest absolute Gasteiger partial charge is 0.457 e. The van der Waals surface area contributed by atoms with E-state index >= 15 is 0 Å². The van der Waals surface area contributed by atoms with Crippen LogP contribution < -0.4 is 0 Å². The third-order valence-electron chi connectivity index (χ3n) is 4.62. The van der Waals surface area contributed by atoms with Crippen LogP contribution in [0, 0.1) is 0 Å². The number of rotatable bonds is 8. The van der Waals surface area contributed by atoms with Crippen LogP contribution in [0.3, 0.4) is 0 Å². The lowest BCUT2D eigenvalue weighted by atomic mass is 9.98. The maximum atomic E-state index is 11.5. The Balaban J connectivity index is 1.61. The molecule has 0 spiro atoms. The summed E-state index contributed by atoms with van der Waals surface area (Å²) in [5.74, 6) is -0.583. The molecule has 2 aromatic carbocycles. The Morgan fingerprint density at radius 3 is 2.10 bits per heavy atom. The second-order valence-electron chi connectivity index (χ2n) is 6.89. The normalized spacial score (nSPS) is 26.8. The summed E-state index contributed by atoms with van der Waals surface area (Å²) in [5.41, 5.74) is 1.85. The number of ether oxygens (including phenoxy) is 4. The Kier molecular flexibility index (Phi) is 7.74. The van der Waals surface area contributed by atoms with Crippen molar-refractivity contribution in [3.05, 3.63) is 71.8 Å². The van der Waals surface area contributed by atoms with Crippen LogP contribution in [0.5, 0.6) is 0 Å². The second kappa shape index (κ2) is 10.5. The monoisotopic (exact) mass is 402 g/mol. The Morgan fingerprint density at radius 2 is 1.52 bits per heavy atom. The minimum atomic E-state index is -1.38. The summed E-state index contributed by atoms with van der Waals surface area (Å²) in [5, 5.41) is 21.1. The van der Waals surface area contributed by atoms with Crippen molar-refractivity contribution in [2.75, 3.05) is 6.61 Å². The van der Waals surface area contributed by atoms with E-state index in [0.717, 1.165) is 11.1 Å². The minimum absolute atomic E-state index is 0.0241. The van der Waals surface area contributed by atoms with Gasteiger partial charge in [0.2, 0.25) is 0 Å². The van der Waals surface area contributed by atoms with E-state index in [1.807, 2.05) is 60.7 Å². The lowest BCUT2D eigenvalue weighted by Crippen LogP contribution is -2.60. The number of carbonyl (C=O) groups is 1. The molecule has 1 aliphatic heterocycles. The van der Waals surface area contributed by atoms with Crippen LogP contribution in [0.1, 0.15) is 18.1 Å². The fraction of sp³-hybridized carbons (Fsp3) is 0.409. The van der Waals surface area contributed by atoms with Gasteiger partial charge in [-0.15, -0.1) is 0 Å². The molecular weight excluding hydrogens is 376 g/mol. The smallest absolute Gasteiger partial charge is 0.303 e. The van der Waals surface area contributed by atoms with Gasteiger partial charge in [0.25, 0.3) is 0 Å². The predicted molar refractivity (Wildman–Crippen MR) is 104 cm³/mol. The highest BCUT2D eigenvalue weighted by atomic mass is 16.7. The number of aliphatic hydroxyl groups excluding tert-OH is 2. The van der Waals surface area contributed by atoms with Gasteiger partial charge in [0.1, 0.15) is 18.3 Å². The first kappa shape index (κ1) is 21.4. The Morgan fingerprint density at radius 1 is 0.931 bits per heavy atom. The van der Waals surface area contributed by atoms with Crippen molar-refractivity contribution in [3.8, 4) is 0 Å². The highest BCUT2D eigenvalue weighted by Gasteiger charge is 2.47. The van der Waals surface area contributed by atoms with E-state index in [1.165, 1.54) is 6.92 Å². The van der Waals surface area contributed by atoms with Crippen molar-refractivity contribution in [3.63, 3.8) is 0 Å². The highest BCUT2D eigenvalue weighted by Crippen LogP contribution is 2.26. The summed E-state index contributed by atoms with van der Waals surface area (Å²) in [6, 6.07) is 18.9. The molecule has 7 heteroatoms. The molecular formula is C22H26O7. The highest BCUT2D eigenvalue weighted by molar-refractivity contribution is 5.66. The molecule has 5 atom stereocenters. The van der Waals surface area contributed by atoms with E-state index in [0.29, 0.717) is 6.61 Å². The van der Waals surface area contributed by atoms with Gasteiger partial charge >= 0.3 is 5.97 Å². The zero-order chi connectivity index (χ0) is 20.6. The molecule has 2 N–H and O–H groups in total. The van der Waals surface area contributed by atoms with Crippen molar-refractivity contribution in [1.29, 1.82) is 0 Å². The molecule has 156 valence electrons. The fourth-order valence-electron chi connectivity index (χ4n) is 3.18. The predicted octanol–water partition coefficient (Wildman–Crippen LogP) is 1.80. The van der Waals surface area contributed by atoms with Gasteiger partial charge in [0, 0.05) is 6.92 Å². The summed E-state index contributed by atoms with van der Waals surface area (Å²) < 4.78 is 22.1. The fourth-order valence-corrected chi connectivity index (χ4v) is 3.18. The standard InChI is InChI=1S/C22H26O7/c1-15(23)28-20-19(24)18(14-26-12-16-8-4-2-5-9-16)29-22(25)21(20)27-13-17-10-6-3-7-11-17/h2-11,18-22,24-25H,12-14H2,1H3/t18-,19+,20+,21-,22-/m1/s1. The van der Waals surface area contributed by atoms with E-state index in [9.17, 15) is 15.0 Å². The molecule has 1 heterocycles. The van der Waals surface area contributed by atoms with Crippen molar-refractivity contribution >= 4 is 5.97 Å². The summed E-state index contributed by atoms with van der Waals surface area (Å²) in [6.45, 7) is 1.77. The van der Waals surface area contributed by atoms with Gasteiger partial charge in [-0.05, 0) is 11.1 Å². The Hall–Kier alpha value is -2.29. The van der Waals surface area contributed by atoms with Crippen molar-refractivity contribution < 1.29 is 34.0 Å². The van der Waals surface area contributed by atoms with Gasteiger partial charge in [-0.3, -0.25) is 4.79 Å². The molecule has 1 saturated heterocycles. The van der Waals surface area contributed by atoms with Crippen molar-refractivity contribution in [2.24, 2.45) is 0 Å². The lowest BCUT2D eigenvalue weighted by molar-refractivity contribution is -0.302. The van der Waals surface area contributed by atoms with Gasteiger partial charge in [-0.25, -0.2) is 0 Å². The summed E-state index contributed by atoms with van der Waals surface area (Å²) >= 11 is 0. The SMILES string of the molecule is CC(=O)O[C@H]1[C@@H](O)[C@@H](COCc2ccccc2)O[C@@H](O)[C@@H]1OCc1ccccc1. The molecule has 0 aliphatic carbocycles. The number of hydrogen-bond donors (Lipinski definition) is 2. The summed E-state index contributed by atoms with van der Waals surface area (Å²) in [6.07, 6.45) is -5.56. The molecule has 0 aromatic heterocycles. The Bertz CT molecular complexity index is 752. The lowest BCUT2D eigenvalue weighted by Gasteiger charge is -2.41. The molecule has 0 radical (unpaired) electrons. The number of carbonyl (C=O) groups excluding carboxylic acids is 1. The van der Waals surface area contributed by atoms with Gasteiger partial charge in [0.05, 0.1) is 19.8 Å². The van der Waals surface area contributed by atoms with E-state index in [2.05, 4.69) is 0 Å². The Labute approximate surface area is 169 Å². The quantitative estimate of drug-likeness (QED) is 0.650. The molecule has 0 unspecified atom stereocenters. The van der Waals surface area contributed by atoms with Crippen LogP contribution in [-0.2, 0) is 37.0 Å². The van der Waals surface area contributed by atoms with Gasteiger partial charge in [0.15, 0.2) is 12.4 Å². The van der Waals surface area contributed by atoms with Gasteiger partial charge < -0.3 is 29.2 Å². The van der Waals surface area contributed by atoms with Gasteiger partial charge in [-0.1, -0.05) is 60.7 Å². The maximum absolute atomic E-state index is 11.5. The molecule has 0 amide bonds. The summed E-state index contributed by atoms with van der Waals surface area (Å²) in [4.78, 5) is 11.5. The molecule has 1 aliphatic rings. The zero-order valence-corrected chi connectivity index (χ0v) is 16.2. The van der Waals surface area contributed by atoms with E-state index in [-0.39, 0.29) is 13.2 Å². The first-order valence-electron chi connectivity index (χ1n) is 9.50. The minimum Gasteiger partial charge on any atom is -0.457 e.